The summed E-state index contributed by atoms with van der Waals surface area (Å²) in [5.41, 5.74) is 3.42. The van der Waals surface area contributed by atoms with Crippen LogP contribution < -0.4 is 5.32 Å². The second-order valence-corrected chi connectivity index (χ2v) is 7.45. The molecule has 0 bridgehead atoms. The Kier molecular flexibility index (Phi) is 6.31. The molecule has 7 heteroatoms. The molecule has 0 aliphatic carbocycles. The predicted octanol–water partition coefficient (Wildman–Crippen LogP) is 3.49. The standard InChI is InChI=1S/C21H23ClFN3O2/c1-14-3-4-16(11-15(14)2)21(28)26-9-7-25(8-10-26)13-20(27)24-17-5-6-19(23)18(22)12-17/h3-6,11-12H,7-10,13H2,1-2H3,(H,24,27). The van der Waals surface area contributed by atoms with Crippen molar-refractivity contribution in [2.24, 2.45) is 0 Å². The van der Waals surface area contributed by atoms with E-state index >= 15 is 0 Å². The van der Waals surface area contributed by atoms with E-state index in [1.54, 1.807) is 0 Å². The first-order valence-corrected chi connectivity index (χ1v) is 9.55. The summed E-state index contributed by atoms with van der Waals surface area (Å²) in [4.78, 5) is 28.7. The van der Waals surface area contributed by atoms with Gasteiger partial charge < -0.3 is 10.2 Å². The van der Waals surface area contributed by atoms with Crippen molar-refractivity contribution in [1.82, 2.24) is 9.80 Å². The van der Waals surface area contributed by atoms with Crippen LogP contribution in [0.1, 0.15) is 21.5 Å². The summed E-state index contributed by atoms with van der Waals surface area (Å²) in [6, 6.07) is 9.82. The number of hydrogen-bond donors (Lipinski definition) is 1. The minimum Gasteiger partial charge on any atom is -0.336 e. The molecule has 148 valence electrons. The number of nitrogens with one attached hydrogen (secondary N) is 1. The maximum atomic E-state index is 13.2. The number of amides is 2. The monoisotopic (exact) mass is 403 g/mol. The number of carbonyl (C=O) groups excluding carboxylic acids is 2. The van der Waals surface area contributed by atoms with Gasteiger partial charge in [0.15, 0.2) is 0 Å². The summed E-state index contributed by atoms with van der Waals surface area (Å²) >= 11 is 5.73. The van der Waals surface area contributed by atoms with Crippen molar-refractivity contribution < 1.29 is 14.0 Å². The summed E-state index contributed by atoms with van der Waals surface area (Å²) in [7, 11) is 0. The molecule has 1 aliphatic heterocycles. The van der Waals surface area contributed by atoms with E-state index in [1.807, 2.05) is 41.8 Å². The number of anilines is 1. The highest BCUT2D eigenvalue weighted by molar-refractivity contribution is 6.31. The van der Waals surface area contributed by atoms with E-state index in [9.17, 15) is 14.0 Å². The fourth-order valence-electron chi connectivity index (χ4n) is 3.14. The second-order valence-electron chi connectivity index (χ2n) is 7.04. The van der Waals surface area contributed by atoms with Gasteiger partial charge in [0.25, 0.3) is 5.91 Å². The van der Waals surface area contributed by atoms with E-state index in [4.69, 9.17) is 11.6 Å². The quantitative estimate of drug-likeness (QED) is 0.850. The van der Waals surface area contributed by atoms with Crippen LogP contribution in [0, 0.1) is 19.7 Å². The summed E-state index contributed by atoms with van der Waals surface area (Å²) < 4.78 is 13.2. The number of benzene rings is 2. The fraction of sp³-hybridized carbons (Fsp3) is 0.333. The summed E-state index contributed by atoms with van der Waals surface area (Å²) in [6.07, 6.45) is 0. The first-order valence-electron chi connectivity index (χ1n) is 9.17. The Labute approximate surface area is 169 Å². The Bertz CT molecular complexity index is 895. The van der Waals surface area contributed by atoms with Crippen LogP contribution in [-0.4, -0.2) is 54.3 Å². The van der Waals surface area contributed by atoms with Crippen LogP contribution in [0.4, 0.5) is 10.1 Å². The van der Waals surface area contributed by atoms with Gasteiger partial charge in [-0.05, 0) is 55.3 Å². The highest BCUT2D eigenvalue weighted by atomic mass is 35.5. The molecule has 2 aromatic rings. The number of aryl methyl sites for hydroxylation is 2. The molecule has 0 spiro atoms. The van der Waals surface area contributed by atoms with Crippen molar-refractivity contribution in [2.45, 2.75) is 13.8 Å². The number of rotatable bonds is 4. The van der Waals surface area contributed by atoms with Gasteiger partial charge in [-0.2, -0.15) is 0 Å². The van der Waals surface area contributed by atoms with Crippen molar-refractivity contribution in [2.75, 3.05) is 38.0 Å². The molecule has 1 aliphatic rings. The highest BCUT2D eigenvalue weighted by Crippen LogP contribution is 2.19. The van der Waals surface area contributed by atoms with E-state index < -0.39 is 5.82 Å². The molecule has 0 atom stereocenters. The molecule has 28 heavy (non-hydrogen) atoms. The first kappa shape index (κ1) is 20.3. The molecule has 1 heterocycles. The predicted molar refractivity (Wildman–Crippen MR) is 108 cm³/mol. The molecule has 1 saturated heterocycles. The van der Waals surface area contributed by atoms with Gasteiger partial charge >= 0.3 is 0 Å². The van der Waals surface area contributed by atoms with Gasteiger partial charge in [0, 0.05) is 37.4 Å². The molecule has 2 aromatic carbocycles. The minimum atomic E-state index is -0.524. The molecule has 0 saturated carbocycles. The topological polar surface area (TPSA) is 52.7 Å². The van der Waals surface area contributed by atoms with Gasteiger partial charge in [0.1, 0.15) is 5.82 Å². The average molecular weight is 404 g/mol. The fourth-order valence-corrected chi connectivity index (χ4v) is 3.32. The van der Waals surface area contributed by atoms with Crippen LogP contribution in [0.3, 0.4) is 0 Å². The van der Waals surface area contributed by atoms with Gasteiger partial charge in [0.05, 0.1) is 11.6 Å². The third-order valence-electron chi connectivity index (χ3n) is 4.98. The van der Waals surface area contributed by atoms with Crippen LogP contribution in [0.5, 0.6) is 0 Å². The Balaban J connectivity index is 1.50. The van der Waals surface area contributed by atoms with Crippen LogP contribution >= 0.6 is 11.6 Å². The second kappa shape index (κ2) is 8.71. The number of carbonyl (C=O) groups is 2. The molecular weight excluding hydrogens is 381 g/mol. The van der Waals surface area contributed by atoms with Gasteiger partial charge in [-0.15, -0.1) is 0 Å². The molecule has 5 nitrogen and oxygen atoms in total. The van der Waals surface area contributed by atoms with Gasteiger partial charge in [-0.1, -0.05) is 17.7 Å². The van der Waals surface area contributed by atoms with Crippen LogP contribution in [0.15, 0.2) is 36.4 Å². The van der Waals surface area contributed by atoms with Crippen molar-refractivity contribution in [3.05, 3.63) is 63.9 Å². The van der Waals surface area contributed by atoms with Gasteiger partial charge in [-0.3, -0.25) is 14.5 Å². The molecule has 2 amide bonds. The Morgan fingerprint density at radius 1 is 1.04 bits per heavy atom. The molecule has 1 fully saturated rings. The van der Waals surface area contributed by atoms with Crippen LogP contribution in [0.25, 0.3) is 0 Å². The summed E-state index contributed by atoms with van der Waals surface area (Å²) in [5.74, 6) is -0.700. The van der Waals surface area contributed by atoms with E-state index in [0.717, 1.165) is 11.1 Å². The number of piperazine rings is 1. The average Bonchev–Trinajstić information content (AvgIpc) is 2.67. The summed E-state index contributed by atoms with van der Waals surface area (Å²) in [5, 5.41) is 2.69. The Morgan fingerprint density at radius 2 is 1.75 bits per heavy atom. The van der Waals surface area contributed by atoms with Crippen molar-refractivity contribution in [3.63, 3.8) is 0 Å². The van der Waals surface area contributed by atoms with Crippen LogP contribution in [-0.2, 0) is 4.79 Å². The van der Waals surface area contributed by atoms with Crippen LogP contribution in [0.2, 0.25) is 5.02 Å². The lowest BCUT2D eigenvalue weighted by Crippen LogP contribution is -2.50. The molecule has 1 N–H and O–H groups in total. The zero-order chi connectivity index (χ0) is 20.3. The molecule has 0 aromatic heterocycles. The van der Waals surface area contributed by atoms with E-state index in [0.29, 0.717) is 37.4 Å². The maximum absolute atomic E-state index is 13.2. The molecule has 0 radical (unpaired) electrons. The van der Waals surface area contributed by atoms with E-state index in [1.165, 1.54) is 18.2 Å². The molecule has 0 unspecified atom stereocenters. The third-order valence-corrected chi connectivity index (χ3v) is 5.27. The zero-order valence-corrected chi connectivity index (χ0v) is 16.7. The largest absolute Gasteiger partial charge is 0.336 e. The number of hydrogen-bond acceptors (Lipinski definition) is 3. The Morgan fingerprint density at radius 3 is 2.39 bits per heavy atom. The lowest BCUT2D eigenvalue weighted by Gasteiger charge is -2.34. The van der Waals surface area contributed by atoms with Crippen molar-refractivity contribution in [3.8, 4) is 0 Å². The lowest BCUT2D eigenvalue weighted by atomic mass is 10.1. The van der Waals surface area contributed by atoms with E-state index in [2.05, 4.69) is 5.32 Å². The number of nitrogens with zero attached hydrogens (tertiary/aromatic N) is 2. The van der Waals surface area contributed by atoms with E-state index in [-0.39, 0.29) is 23.4 Å². The Hall–Kier alpha value is -2.44. The SMILES string of the molecule is Cc1ccc(C(=O)N2CCN(CC(=O)Nc3ccc(F)c(Cl)c3)CC2)cc1C. The van der Waals surface area contributed by atoms with Gasteiger partial charge in [0.2, 0.25) is 5.91 Å². The van der Waals surface area contributed by atoms with Gasteiger partial charge in [-0.25, -0.2) is 4.39 Å². The number of halogens is 2. The van der Waals surface area contributed by atoms with Crippen molar-refractivity contribution >= 4 is 29.1 Å². The smallest absolute Gasteiger partial charge is 0.253 e. The maximum Gasteiger partial charge on any atom is 0.253 e. The lowest BCUT2D eigenvalue weighted by molar-refractivity contribution is -0.117. The first-order chi connectivity index (χ1) is 13.3. The normalized spacial score (nSPS) is 14.8. The highest BCUT2D eigenvalue weighted by Gasteiger charge is 2.23. The zero-order valence-electron chi connectivity index (χ0n) is 16.0. The molecule has 3 rings (SSSR count). The van der Waals surface area contributed by atoms with Crippen molar-refractivity contribution in [1.29, 1.82) is 0 Å². The molecular formula is C21H23ClFN3O2. The summed E-state index contributed by atoms with van der Waals surface area (Å²) in [6.45, 7) is 6.61. The third kappa shape index (κ3) is 4.88. The minimum absolute atomic E-state index is 0.0214.